The molecule has 8 nitrogen and oxygen atoms in total. The van der Waals surface area contributed by atoms with Crippen molar-refractivity contribution in [2.24, 2.45) is 21.7 Å². The van der Waals surface area contributed by atoms with E-state index in [0.29, 0.717) is 11.3 Å². The van der Waals surface area contributed by atoms with Crippen LogP contribution in [0.2, 0.25) is 5.02 Å². The van der Waals surface area contributed by atoms with Crippen LogP contribution < -0.4 is 20.9 Å². The number of rotatable bonds is 7. The number of carbonyl (C=O) groups is 1. The molecule has 120 valence electrons. The normalized spacial score (nSPS) is 10.3. The number of halogens is 1. The van der Waals surface area contributed by atoms with Crippen LogP contribution in [0.25, 0.3) is 0 Å². The van der Waals surface area contributed by atoms with E-state index in [1.807, 2.05) is 0 Å². The van der Waals surface area contributed by atoms with Crippen LogP contribution >= 0.6 is 11.6 Å². The molecule has 1 aromatic rings. The Morgan fingerprint density at radius 1 is 1.41 bits per heavy atom. The van der Waals surface area contributed by atoms with Crippen molar-refractivity contribution < 1.29 is 19.0 Å². The van der Waals surface area contributed by atoms with Gasteiger partial charge in [-0.1, -0.05) is 11.6 Å². The Balaban J connectivity index is 2.93. The summed E-state index contributed by atoms with van der Waals surface area (Å²) in [4.78, 5) is 11.3. The van der Waals surface area contributed by atoms with Crippen LogP contribution in [0.4, 0.5) is 0 Å². The standard InChI is InChI=1S/C13H17ClN4O4/c1-3-21-11(19)7-22-12-9(14)4-8(5-10(12)20-2)6-17-18-13(15)16/h4-6H,3,7H2,1-2H3,(H4,15,16,18). The first-order valence-electron chi connectivity index (χ1n) is 6.25. The largest absolute Gasteiger partial charge is 0.493 e. The highest BCUT2D eigenvalue weighted by atomic mass is 35.5. The van der Waals surface area contributed by atoms with Gasteiger partial charge in [-0.3, -0.25) is 0 Å². The second-order valence-electron chi connectivity index (χ2n) is 3.90. The van der Waals surface area contributed by atoms with Gasteiger partial charge >= 0.3 is 5.97 Å². The van der Waals surface area contributed by atoms with E-state index in [-0.39, 0.29) is 29.9 Å². The Morgan fingerprint density at radius 3 is 2.73 bits per heavy atom. The smallest absolute Gasteiger partial charge is 0.344 e. The molecule has 1 aromatic carbocycles. The maximum atomic E-state index is 11.3. The fourth-order valence-electron chi connectivity index (χ4n) is 1.45. The van der Waals surface area contributed by atoms with Crippen molar-refractivity contribution in [3.8, 4) is 11.5 Å². The molecule has 0 atom stereocenters. The Bertz CT molecular complexity index is 586. The van der Waals surface area contributed by atoms with E-state index in [0.717, 1.165) is 0 Å². The zero-order valence-electron chi connectivity index (χ0n) is 12.2. The second-order valence-corrected chi connectivity index (χ2v) is 4.30. The average molecular weight is 329 g/mol. The molecule has 0 aliphatic heterocycles. The van der Waals surface area contributed by atoms with E-state index in [9.17, 15) is 4.79 Å². The highest BCUT2D eigenvalue weighted by molar-refractivity contribution is 6.32. The zero-order valence-corrected chi connectivity index (χ0v) is 13.0. The molecule has 0 fully saturated rings. The van der Waals surface area contributed by atoms with Crippen LogP contribution in [0.1, 0.15) is 12.5 Å². The van der Waals surface area contributed by atoms with Gasteiger partial charge in [0, 0.05) is 5.56 Å². The molecule has 0 radical (unpaired) electrons. The van der Waals surface area contributed by atoms with Crippen molar-refractivity contribution >= 4 is 29.7 Å². The third-order valence-corrected chi connectivity index (χ3v) is 2.55. The van der Waals surface area contributed by atoms with E-state index >= 15 is 0 Å². The first kappa shape index (κ1) is 17.6. The topological polar surface area (TPSA) is 122 Å². The van der Waals surface area contributed by atoms with Crippen molar-refractivity contribution in [3.63, 3.8) is 0 Å². The van der Waals surface area contributed by atoms with Crippen LogP contribution in [0.15, 0.2) is 22.3 Å². The number of carbonyl (C=O) groups excluding carboxylic acids is 1. The minimum absolute atomic E-state index is 0.163. The first-order valence-corrected chi connectivity index (χ1v) is 6.63. The van der Waals surface area contributed by atoms with Crippen LogP contribution in [-0.2, 0) is 9.53 Å². The highest BCUT2D eigenvalue weighted by Crippen LogP contribution is 2.36. The van der Waals surface area contributed by atoms with Crippen LogP contribution in [0.3, 0.4) is 0 Å². The van der Waals surface area contributed by atoms with E-state index in [4.69, 9.17) is 37.3 Å². The molecule has 0 aliphatic carbocycles. The fraction of sp³-hybridized carbons (Fsp3) is 0.308. The summed E-state index contributed by atoms with van der Waals surface area (Å²) in [6.45, 7) is 1.70. The summed E-state index contributed by atoms with van der Waals surface area (Å²) in [6.07, 6.45) is 1.39. The Labute approximate surface area is 132 Å². The number of esters is 1. The zero-order chi connectivity index (χ0) is 16.5. The lowest BCUT2D eigenvalue weighted by molar-refractivity contribution is -0.145. The molecule has 0 bridgehead atoms. The van der Waals surface area contributed by atoms with E-state index in [2.05, 4.69) is 10.2 Å². The van der Waals surface area contributed by atoms with Gasteiger partial charge in [0.25, 0.3) is 0 Å². The third kappa shape index (κ3) is 5.49. The van der Waals surface area contributed by atoms with Gasteiger partial charge in [0.1, 0.15) is 0 Å². The molecular formula is C13H17ClN4O4. The predicted octanol–water partition coefficient (Wildman–Crippen LogP) is 0.898. The molecule has 0 spiro atoms. The molecule has 0 saturated carbocycles. The number of benzene rings is 1. The Morgan fingerprint density at radius 2 is 2.14 bits per heavy atom. The SMILES string of the molecule is CCOC(=O)COc1c(Cl)cc(C=NN=C(N)N)cc1OC. The Kier molecular flexibility index (Phi) is 6.97. The molecule has 0 aromatic heterocycles. The lowest BCUT2D eigenvalue weighted by Gasteiger charge is -2.12. The van der Waals surface area contributed by atoms with Gasteiger partial charge in [0.2, 0.25) is 5.96 Å². The Hall–Kier alpha value is -2.48. The molecule has 0 saturated heterocycles. The summed E-state index contributed by atoms with van der Waals surface area (Å²) in [5, 5.41) is 7.39. The van der Waals surface area contributed by atoms with Gasteiger partial charge in [0.05, 0.1) is 25.0 Å². The van der Waals surface area contributed by atoms with Crippen LogP contribution in [-0.4, -0.2) is 38.5 Å². The van der Waals surface area contributed by atoms with Gasteiger partial charge in [-0.05, 0) is 19.1 Å². The summed E-state index contributed by atoms with van der Waals surface area (Å²) in [5.74, 6) is -0.0955. The maximum absolute atomic E-state index is 11.3. The number of methoxy groups -OCH3 is 1. The lowest BCUT2D eigenvalue weighted by Crippen LogP contribution is -2.21. The monoisotopic (exact) mass is 328 g/mol. The number of guanidine groups is 1. The summed E-state index contributed by atoms with van der Waals surface area (Å²) in [5.41, 5.74) is 10.9. The fourth-order valence-corrected chi connectivity index (χ4v) is 1.72. The molecular weight excluding hydrogens is 312 g/mol. The van der Waals surface area contributed by atoms with Gasteiger partial charge in [0.15, 0.2) is 18.1 Å². The van der Waals surface area contributed by atoms with Crippen molar-refractivity contribution in [2.75, 3.05) is 20.3 Å². The van der Waals surface area contributed by atoms with Crippen LogP contribution in [0, 0.1) is 0 Å². The molecule has 4 N–H and O–H groups in total. The number of hydrogen-bond donors (Lipinski definition) is 2. The van der Waals surface area contributed by atoms with E-state index < -0.39 is 5.97 Å². The van der Waals surface area contributed by atoms with Gasteiger partial charge < -0.3 is 25.7 Å². The predicted molar refractivity (Wildman–Crippen MR) is 83.5 cm³/mol. The second kappa shape index (κ2) is 8.73. The summed E-state index contributed by atoms with van der Waals surface area (Å²) in [6, 6.07) is 3.17. The van der Waals surface area contributed by atoms with Crippen molar-refractivity contribution in [1.82, 2.24) is 0 Å². The summed E-state index contributed by atoms with van der Waals surface area (Å²) in [7, 11) is 1.44. The lowest BCUT2D eigenvalue weighted by atomic mass is 10.2. The molecule has 0 aliphatic rings. The number of nitrogens with two attached hydrogens (primary N) is 2. The summed E-state index contributed by atoms with van der Waals surface area (Å²) >= 11 is 6.11. The molecule has 9 heteroatoms. The minimum Gasteiger partial charge on any atom is -0.493 e. The van der Waals surface area contributed by atoms with E-state index in [1.54, 1.807) is 19.1 Å². The van der Waals surface area contributed by atoms with Crippen LogP contribution in [0.5, 0.6) is 11.5 Å². The quantitative estimate of drug-likeness (QED) is 0.332. The van der Waals surface area contributed by atoms with Gasteiger partial charge in [-0.2, -0.15) is 5.10 Å². The highest BCUT2D eigenvalue weighted by Gasteiger charge is 2.13. The van der Waals surface area contributed by atoms with Crippen molar-refractivity contribution in [1.29, 1.82) is 0 Å². The first-order chi connectivity index (χ1) is 10.5. The molecule has 0 unspecified atom stereocenters. The molecule has 1 rings (SSSR count). The summed E-state index contributed by atoms with van der Waals surface area (Å²) < 4.78 is 15.3. The van der Waals surface area contributed by atoms with Gasteiger partial charge in [-0.15, -0.1) is 5.10 Å². The minimum atomic E-state index is -0.501. The number of hydrogen-bond acceptors (Lipinski definition) is 6. The maximum Gasteiger partial charge on any atom is 0.344 e. The third-order valence-electron chi connectivity index (χ3n) is 2.27. The molecule has 22 heavy (non-hydrogen) atoms. The van der Waals surface area contributed by atoms with E-state index in [1.165, 1.54) is 13.3 Å². The van der Waals surface area contributed by atoms with Crippen molar-refractivity contribution in [2.45, 2.75) is 6.92 Å². The molecule has 0 amide bonds. The number of ether oxygens (including phenoxy) is 3. The molecule has 0 heterocycles. The van der Waals surface area contributed by atoms with Crippen molar-refractivity contribution in [3.05, 3.63) is 22.7 Å². The average Bonchev–Trinajstić information content (AvgIpc) is 2.45. The van der Waals surface area contributed by atoms with Gasteiger partial charge in [-0.25, -0.2) is 4.79 Å². The number of nitrogens with zero attached hydrogens (tertiary/aromatic N) is 2.